The molecule has 1 aromatic carbocycles. The van der Waals surface area contributed by atoms with E-state index in [0.29, 0.717) is 23.4 Å². The number of likely N-dealkylation sites (tertiary alicyclic amines) is 1. The third kappa shape index (κ3) is 4.47. The number of hydrogen-bond acceptors (Lipinski definition) is 4. The van der Waals surface area contributed by atoms with Crippen LogP contribution in [0.4, 0.5) is 0 Å². The Kier molecular flexibility index (Phi) is 7.12. The zero-order chi connectivity index (χ0) is 18.1. The van der Waals surface area contributed by atoms with Gasteiger partial charge in [-0.05, 0) is 50.0 Å². The van der Waals surface area contributed by atoms with Crippen LogP contribution in [0.3, 0.4) is 0 Å². The van der Waals surface area contributed by atoms with Crippen LogP contribution in [0.15, 0.2) is 18.2 Å². The second-order valence-electron chi connectivity index (χ2n) is 7.51. The maximum atomic E-state index is 13.4. The average Bonchev–Trinajstić information content (AvgIpc) is 3.15. The van der Waals surface area contributed by atoms with Gasteiger partial charge in [0.25, 0.3) is 0 Å². The summed E-state index contributed by atoms with van der Waals surface area (Å²) in [5.74, 6) is 2.12. The molecule has 4 rings (SSSR count). The van der Waals surface area contributed by atoms with Gasteiger partial charge >= 0.3 is 0 Å². The van der Waals surface area contributed by atoms with Crippen molar-refractivity contribution in [3.05, 3.63) is 34.3 Å². The first-order valence-corrected chi connectivity index (χ1v) is 11.1. The number of ketones is 1. The maximum absolute atomic E-state index is 13.4. The van der Waals surface area contributed by atoms with Crippen LogP contribution in [0.5, 0.6) is 0 Å². The van der Waals surface area contributed by atoms with Crippen molar-refractivity contribution >= 4 is 47.5 Å². The number of Topliss-reactive ketones (excluding diaryl/α,β-unsaturated/α-hetero) is 1. The lowest BCUT2D eigenvalue weighted by Crippen LogP contribution is -2.52. The fourth-order valence-electron chi connectivity index (χ4n) is 4.46. The molecule has 2 aliphatic heterocycles. The number of benzene rings is 1. The number of nitrogens with zero attached hydrogens (tertiary/aromatic N) is 2. The Bertz CT molecular complexity index is 709. The lowest BCUT2D eigenvalue weighted by Gasteiger charge is -2.40. The van der Waals surface area contributed by atoms with Gasteiger partial charge in [-0.1, -0.05) is 17.7 Å². The summed E-state index contributed by atoms with van der Waals surface area (Å²) < 4.78 is 0. The van der Waals surface area contributed by atoms with E-state index in [4.69, 9.17) is 11.6 Å². The van der Waals surface area contributed by atoms with Crippen LogP contribution in [-0.4, -0.2) is 65.2 Å². The van der Waals surface area contributed by atoms with Crippen molar-refractivity contribution in [3.8, 4) is 0 Å². The Balaban J connectivity index is 0.00000210. The molecule has 3 aliphatic rings. The first kappa shape index (κ1) is 21.0. The van der Waals surface area contributed by atoms with Gasteiger partial charge in [0.05, 0.1) is 12.0 Å². The predicted octanol–water partition coefficient (Wildman–Crippen LogP) is 3.86. The smallest absolute Gasteiger partial charge is 0.230 e. The Morgan fingerprint density at radius 2 is 2.00 bits per heavy atom. The van der Waals surface area contributed by atoms with Crippen molar-refractivity contribution in [2.24, 2.45) is 0 Å². The molecule has 2 atom stereocenters. The van der Waals surface area contributed by atoms with Crippen LogP contribution >= 0.6 is 35.8 Å². The SMILES string of the molecule is Cl.O=C1CCC(C(=O)N2CCSCC2CN2CCCC2)c2ccc(Cl)cc21. The van der Waals surface area contributed by atoms with E-state index in [-0.39, 0.29) is 36.1 Å². The number of halogens is 2. The average molecular weight is 429 g/mol. The molecule has 2 fully saturated rings. The first-order valence-electron chi connectivity index (χ1n) is 9.56. The van der Waals surface area contributed by atoms with Gasteiger partial charge in [0, 0.05) is 41.6 Å². The molecule has 2 heterocycles. The van der Waals surface area contributed by atoms with Crippen LogP contribution in [0.25, 0.3) is 0 Å². The van der Waals surface area contributed by atoms with Gasteiger partial charge in [0.2, 0.25) is 5.91 Å². The molecule has 1 aliphatic carbocycles. The second kappa shape index (κ2) is 9.17. The molecule has 0 N–H and O–H groups in total. The van der Waals surface area contributed by atoms with E-state index in [0.717, 1.165) is 43.2 Å². The summed E-state index contributed by atoms with van der Waals surface area (Å²) in [6.07, 6.45) is 3.59. The van der Waals surface area contributed by atoms with E-state index >= 15 is 0 Å². The highest BCUT2D eigenvalue weighted by atomic mass is 35.5. The summed E-state index contributed by atoms with van der Waals surface area (Å²) in [6, 6.07) is 5.69. The molecule has 27 heavy (non-hydrogen) atoms. The highest BCUT2D eigenvalue weighted by molar-refractivity contribution is 7.99. The summed E-state index contributed by atoms with van der Waals surface area (Å²) in [5.41, 5.74) is 1.51. The fraction of sp³-hybridized carbons (Fsp3) is 0.600. The van der Waals surface area contributed by atoms with E-state index < -0.39 is 0 Å². The minimum absolute atomic E-state index is 0. The number of carbonyl (C=O) groups is 2. The summed E-state index contributed by atoms with van der Waals surface area (Å²) in [7, 11) is 0. The van der Waals surface area contributed by atoms with Gasteiger partial charge in [-0.2, -0.15) is 11.8 Å². The molecular weight excluding hydrogens is 403 g/mol. The van der Waals surface area contributed by atoms with Gasteiger partial charge in [-0.15, -0.1) is 12.4 Å². The highest BCUT2D eigenvalue weighted by Crippen LogP contribution is 2.35. The highest BCUT2D eigenvalue weighted by Gasteiger charge is 2.37. The Morgan fingerprint density at radius 1 is 1.22 bits per heavy atom. The minimum atomic E-state index is -0.204. The van der Waals surface area contributed by atoms with Crippen LogP contribution in [0.1, 0.15) is 47.5 Å². The van der Waals surface area contributed by atoms with Crippen molar-refractivity contribution in [2.75, 3.05) is 37.7 Å². The molecule has 0 aromatic heterocycles. The van der Waals surface area contributed by atoms with E-state index in [2.05, 4.69) is 9.80 Å². The molecule has 1 aromatic rings. The number of thioether (sulfide) groups is 1. The second-order valence-corrected chi connectivity index (χ2v) is 9.10. The van der Waals surface area contributed by atoms with E-state index in [1.807, 2.05) is 17.8 Å². The maximum Gasteiger partial charge on any atom is 0.230 e. The molecule has 4 nitrogen and oxygen atoms in total. The van der Waals surface area contributed by atoms with E-state index in [1.54, 1.807) is 12.1 Å². The van der Waals surface area contributed by atoms with E-state index in [1.165, 1.54) is 12.8 Å². The molecule has 0 saturated carbocycles. The molecule has 2 saturated heterocycles. The molecule has 148 valence electrons. The van der Waals surface area contributed by atoms with Crippen molar-refractivity contribution in [2.45, 2.75) is 37.6 Å². The minimum Gasteiger partial charge on any atom is -0.336 e. The molecular formula is C20H26Cl2N2O2S. The first-order chi connectivity index (χ1) is 12.6. The molecule has 7 heteroatoms. The van der Waals surface area contributed by atoms with Gasteiger partial charge in [0.1, 0.15) is 0 Å². The fourth-order valence-corrected chi connectivity index (χ4v) is 5.68. The van der Waals surface area contributed by atoms with Crippen LogP contribution in [0, 0.1) is 0 Å². The largest absolute Gasteiger partial charge is 0.336 e. The van der Waals surface area contributed by atoms with Crippen LogP contribution < -0.4 is 0 Å². The normalized spacial score (nSPS) is 25.8. The monoisotopic (exact) mass is 428 g/mol. The zero-order valence-electron chi connectivity index (χ0n) is 15.4. The molecule has 0 bridgehead atoms. The lowest BCUT2D eigenvalue weighted by atomic mass is 9.81. The summed E-state index contributed by atoms with van der Waals surface area (Å²) in [4.78, 5) is 30.3. The van der Waals surface area contributed by atoms with E-state index in [9.17, 15) is 9.59 Å². The number of carbonyl (C=O) groups excluding carboxylic acids is 2. The lowest BCUT2D eigenvalue weighted by molar-refractivity contribution is -0.135. The van der Waals surface area contributed by atoms with Crippen molar-refractivity contribution in [1.29, 1.82) is 0 Å². The van der Waals surface area contributed by atoms with Crippen molar-refractivity contribution in [3.63, 3.8) is 0 Å². The molecule has 1 amide bonds. The van der Waals surface area contributed by atoms with Crippen LogP contribution in [-0.2, 0) is 4.79 Å². The van der Waals surface area contributed by atoms with Gasteiger partial charge < -0.3 is 9.80 Å². The van der Waals surface area contributed by atoms with Crippen molar-refractivity contribution in [1.82, 2.24) is 9.80 Å². The topological polar surface area (TPSA) is 40.6 Å². The quantitative estimate of drug-likeness (QED) is 0.732. The number of fused-ring (bicyclic) bond motifs is 1. The Morgan fingerprint density at radius 3 is 2.78 bits per heavy atom. The van der Waals surface area contributed by atoms with Gasteiger partial charge in [-0.25, -0.2) is 0 Å². The van der Waals surface area contributed by atoms with Gasteiger partial charge in [-0.3, -0.25) is 9.59 Å². The molecule has 0 radical (unpaired) electrons. The summed E-state index contributed by atoms with van der Waals surface area (Å²) in [5, 5.41) is 0.562. The van der Waals surface area contributed by atoms with Crippen molar-refractivity contribution < 1.29 is 9.59 Å². The predicted molar refractivity (Wildman–Crippen MR) is 114 cm³/mol. The number of hydrogen-bond donors (Lipinski definition) is 0. The third-order valence-electron chi connectivity index (χ3n) is 5.83. The Labute approximate surface area is 176 Å². The Hall–Kier alpha value is -0.750. The number of rotatable bonds is 3. The molecule has 0 spiro atoms. The van der Waals surface area contributed by atoms with Crippen LogP contribution in [0.2, 0.25) is 5.02 Å². The molecule has 2 unspecified atom stereocenters. The standard InChI is InChI=1S/C20H25ClN2O2S.ClH/c21-14-3-4-16-17(5-6-19(24)18(16)11-14)20(25)23-9-10-26-13-15(23)12-22-7-1-2-8-22;/h3-4,11,15,17H,1-2,5-10,12-13H2;1H. The summed E-state index contributed by atoms with van der Waals surface area (Å²) in [6.45, 7) is 4.11. The summed E-state index contributed by atoms with van der Waals surface area (Å²) >= 11 is 8.03. The van der Waals surface area contributed by atoms with Gasteiger partial charge in [0.15, 0.2) is 5.78 Å². The number of amides is 1. The third-order valence-corrected chi connectivity index (χ3v) is 7.15. The zero-order valence-corrected chi connectivity index (χ0v) is 17.8.